The highest BCUT2D eigenvalue weighted by Crippen LogP contribution is 2.28. The van der Waals surface area contributed by atoms with Gasteiger partial charge in [0.2, 0.25) is 0 Å². The van der Waals surface area contributed by atoms with Crippen LogP contribution in [0.3, 0.4) is 0 Å². The third-order valence-electron chi connectivity index (χ3n) is 3.55. The van der Waals surface area contributed by atoms with Crippen molar-refractivity contribution >= 4 is 10.9 Å². The summed E-state index contributed by atoms with van der Waals surface area (Å²) < 4.78 is 5.99. The number of nitrogens with zero attached hydrogens (tertiary/aromatic N) is 1. The van der Waals surface area contributed by atoms with E-state index < -0.39 is 0 Å². The molecule has 0 spiro atoms. The summed E-state index contributed by atoms with van der Waals surface area (Å²) in [6, 6.07) is 9.78. The fourth-order valence-electron chi connectivity index (χ4n) is 2.56. The Morgan fingerprint density at radius 2 is 2.00 bits per heavy atom. The van der Waals surface area contributed by atoms with Gasteiger partial charge in [-0.1, -0.05) is 12.5 Å². The van der Waals surface area contributed by atoms with Gasteiger partial charge in [0.25, 0.3) is 0 Å². The number of benzene rings is 1. The minimum absolute atomic E-state index is 0.0791. The molecule has 0 radical (unpaired) electrons. The van der Waals surface area contributed by atoms with Gasteiger partial charge in [0.15, 0.2) is 0 Å². The summed E-state index contributed by atoms with van der Waals surface area (Å²) in [5.41, 5.74) is 0.931. The van der Waals surface area contributed by atoms with Crippen LogP contribution in [0.4, 0.5) is 0 Å². The van der Waals surface area contributed by atoms with Crippen LogP contribution in [0, 0.1) is 0 Å². The maximum Gasteiger partial charge on any atom is 0.129 e. The van der Waals surface area contributed by atoms with Crippen LogP contribution < -0.4 is 4.74 Å². The molecule has 2 atom stereocenters. The highest BCUT2D eigenvalue weighted by atomic mass is 16.5. The Morgan fingerprint density at radius 3 is 2.89 bits per heavy atom. The number of fused-ring (bicyclic) bond motifs is 1. The lowest BCUT2D eigenvalue weighted by Gasteiger charge is -2.28. The van der Waals surface area contributed by atoms with Crippen LogP contribution in [0.15, 0.2) is 36.5 Å². The summed E-state index contributed by atoms with van der Waals surface area (Å²) in [6.07, 6.45) is 5.35. The molecule has 2 unspecified atom stereocenters. The molecule has 2 aromatic rings. The van der Waals surface area contributed by atoms with Crippen molar-refractivity contribution in [3.63, 3.8) is 0 Å². The minimum Gasteiger partial charge on any atom is -0.487 e. The number of pyridine rings is 1. The topological polar surface area (TPSA) is 42.4 Å². The van der Waals surface area contributed by atoms with E-state index in [0.717, 1.165) is 42.3 Å². The molecular formula is C15H17NO2. The van der Waals surface area contributed by atoms with Gasteiger partial charge < -0.3 is 9.84 Å². The average molecular weight is 243 g/mol. The van der Waals surface area contributed by atoms with E-state index in [2.05, 4.69) is 4.98 Å². The van der Waals surface area contributed by atoms with Crippen molar-refractivity contribution in [2.45, 2.75) is 37.9 Å². The van der Waals surface area contributed by atoms with Gasteiger partial charge in [0.1, 0.15) is 11.9 Å². The van der Waals surface area contributed by atoms with E-state index in [0.29, 0.717) is 0 Å². The van der Waals surface area contributed by atoms with Crippen LogP contribution in [0.25, 0.3) is 10.9 Å². The van der Waals surface area contributed by atoms with Crippen molar-refractivity contribution in [1.82, 2.24) is 4.98 Å². The SMILES string of the molecule is OC1CCCCC1Oc1cccc2ncccc12. The van der Waals surface area contributed by atoms with Crippen molar-refractivity contribution < 1.29 is 9.84 Å². The molecule has 3 nitrogen and oxygen atoms in total. The van der Waals surface area contributed by atoms with Gasteiger partial charge in [-0.2, -0.15) is 0 Å². The molecule has 1 aliphatic rings. The van der Waals surface area contributed by atoms with Gasteiger partial charge in [-0.25, -0.2) is 0 Å². The molecule has 1 aromatic carbocycles. The molecule has 1 aliphatic carbocycles. The van der Waals surface area contributed by atoms with E-state index in [1.807, 2.05) is 30.3 Å². The number of hydrogen-bond donors (Lipinski definition) is 1. The Kier molecular flexibility index (Phi) is 3.15. The van der Waals surface area contributed by atoms with Crippen molar-refractivity contribution in [2.24, 2.45) is 0 Å². The smallest absolute Gasteiger partial charge is 0.129 e. The lowest BCUT2D eigenvalue weighted by molar-refractivity contribution is 0.00768. The number of aliphatic hydroxyl groups is 1. The molecule has 1 fully saturated rings. The monoisotopic (exact) mass is 243 g/mol. The molecular weight excluding hydrogens is 226 g/mol. The number of ether oxygens (including phenoxy) is 1. The fourth-order valence-corrected chi connectivity index (χ4v) is 2.56. The van der Waals surface area contributed by atoms with Crippen molar-refractivity contribution in [2.75, 3.05) is 0 Å². The Labute approximate surface area is 106 Å². The Balaban J connectivity index is 1.90. The zero-order valence-corrected chi connectivity index (χ0v) is 10.2. The second-order valence-corrected chi connectivity index (χ2v) is 4.83. The second kappa shape index (κ2) is 4.94. The lowest BCUT2D eigenvalue weighted by Crippen LogP contribution is -2.34. The normalized spacial score (nSPS) is 24.1. The maximum atomic E-state index is 9.96. The summed E-state index contributed by atoms with van der Waals surface area (Å²) in [5.74, 6) is 0.826. The standard InChI is InChI=1S/C15H17NO2/c17-13-7-1-2-8-15(13)18-14-9-3-6-12-11(14)5-4-10-16-12/h3-6,9-10,13,15,17H,1-2,7-8H2. The molecule has 0 bridgehead atoms. The van der Waals surface area contributed by atoms with Crippen LogP contribution in [0.5, 0.6) is 5.75 Å². The number of rotatable bonds is 2. The first-order chi connectivity index (χ1) is 8.84. The van der Waals surface area contributed by atoms with Crippen LogP contribution in [-0.2, 0) is 0 Å². The van der Waals surface area contributed by atoms with Crippen molar-refractivity contribution in [1.29, 1.82) is 0 Å². The summed E-state index contributed by atoms with van der Waals surface area (Å²) >= 11 is 0. The number of hydrogen-bond acceptors (Lipinski definition) is 3. The molecule has 0 aliphatic heterocycles. The maximum absolute atomic E-state index is 9.96. The summed E-state index contributed by atoms with van der Waals surface area (Å²) in [7, 11) is 0. The first kappa shape index (κ1) is 11.5. The predicted molar refractivity (Wildman–Crippen MR) is 70.6 cm³/mol. The second-order valence-electron chi connectivity index (χ2n) is 4.83. The van der Waals surface area contributed by atoms with E-state index in [1.165, 1.54) is 0 Å². The molecule has 1 heterocycles. The first-order valence-corrected chi connectivity index (χ1v) is 6.53. The fraction of sp³-hybridized carbons (Fsp3) is 0.400. The Bertz CT molecular complexity index is 536. The Hall–Kier alpha value is -1.61. The van der Waals surface area contributed by atoms with Crippen LogP contribution in [0.1, 0.15) is 25.7 Å². The van der Waals surface area contributed by atoms with Crippen LogP contribution >= 0.6 is 0 Å². The van der Waals surface area contributed by atoms with Gasteiger partial charge in [-0.15, -0.1) is 0 Å². The molecule has 0 amide bonds. The van der Waals surface area contributed by atoms with Gasteiger partial charge >= 0.3 is 0 Å². The van der Waals surface area contributed by atoms with E-state index in [4.69, 9.17) is 4.74 Å². The van der Waals surface area contributed by atoms with Gasteiger partial charge in [-0.3, -0.25) is 4.98 Å². The molecule has 3 heteroatoms. The van der Waals surface area contributed by atoms with Gasteiger partial charge in [0, 0.05) is 11.6 Å². The van der Waals surface area contributed by atoms with Crippen LogP contribution in [0.2, 0.25) is 0 Å². The van der Waals surface area contributed by atoms with Gasteiger partial charge in [-0.05, 0) is 43.5 Å². The quantitative estimate of drug-likeness (QED) is 0.881. The molecule has 1 saturated carbocycles. The third kappa shape index (κ3) is 2.18. The molecule has 1 aromatic heterocycles. The van der Waals surface area contributed by atoms with Crippen LogP contribution in [-0.4, -0.2) is 22.3 Å². The highest BCUT2D eigenvalue weighted by Gasteiger charge is 2.25. The van der Waals surface area contributed by atoms with E-state index in [-0.39, 0.29) is 12.2 Å². The largest absolute Gasteiger partial charge is 0.487 e. The minimum atomic E-state index is -0.342. The highest BCUT2D eigenvalue weighted by molar-refractivity contribution is 5.84. The summed E-state index contributed by atoms with van der Waals surface area (Å²) in [4.78, 5) is 4.31. The zero-order chi connectivity index (χ0) is 12.4. The third-order valence-corrected chi connectivity index (χ3v) is 3.55. The Morgan fingerprint density at radius 1 is 1.11 bits per heavy atom. The molecule has 18 heavy (non-hydrogen) atoms. The molecule has 3 rings (SSSR count). The van der Waals surface area contributed by atoms with E-state index in [1.54, 1.807) is 6.20 Å². The zero-order valence-electron chi connectivity index (χ0n) is 10.2. The lowest BCUT2D eigenvalue weighted by atomic mass is 9.95. The molecule has 0 saturated heterocycles. The van der Waals surface area contributed by atoms with Crippen molar-refractivity contribution in [3.8, 4) is 5.75 Å². The van der Waals surface area contributed by atoms with E-state index >= 15 is 0 Å². The predicted octanol–water partition coefficient (Wildman–Crippen LogP) is 2.92. The summed E-state index contributed by atoms with van der Waals surface area (Å²) in [5, 5.41) is 11.0. The van der Waals surface area contributed by atoms with Crippen molar-refractivity contribution in [3.05, 3.63) is 36.5 Å². The number of aliphatic hydroxyl groups excluding tert-OH is 1. The number of aromatic nitrogens is 1. The molecule has 1 N–H and O–H groups in total. The first-order valence-electron chi connectivity index (χ1n) is 6.53. The average Bonchev–Trinajstić information content (AvgIpc) is 2.42. The van der Waals surface area contributed by atoms with E-state index in [9.17, 15) is 5.11 Å². The summed E-state index contributed by atoms with van der Waals surface area (Å²) in [6.45, 7) is 0. The molecule has 94 valence electrons. The van der Waals surface area contributed by atoms with Gasteiger partial charge in [0.05, 0.1) is 11.6 Å².